The highest BCUT2D eigenvalue weighted by atomic mass is 16.5. The van der Waals surface area contributed by atoms with E-state index in [9.17, 15) is 9.59 Å². The number of carbonyl (C=O) groups excluding carboxylic acids is 2. The second-order valence-electron chi connectivity index (χ2n) is 7.17. The maximum atomic E-state index is 12.3. The van der Waals surface area contributed by atoms with Crippen LogP contribution in [0.3, 0.4) is 0 Å². The number of para-hydroxylation sites is 1. The largest absolute Gasteiger partial charge is 0.465 e. The van der Waals surface area contributed by atoms with Crippen molar-refractivity contribution in [3.8, 4) is 0 Å². The standard InChI is InChI=1S/C22H27N3O3/c1-17-5-3-4-6-20(17)25-13-11-24(12-14-25)16-21(26)23-15-18-7-9-19(10-8-18)22(27)28-2/h3-10H,11-16H2,1-2H3,(H,23,26)/p+1. The van der Waals surface area contributed by atoms with Crippen LogP contribution in [0.1, 0.15) is 21.5 Å². The molecule has 0 spiro atoms. The van der Waals surface area contributed by atoms with Crippen LogP contribution in [-0.2, 0) is 16.1 Å². The Labute approximate surface area is 166 Å². The van der Waals surface area contributed by atoms with E-state index in [4.69, 9.17) is 0 Å². The molecule has 1 aliphatic rings. The Morgan fingerprint density at radius 3 is 2.39 bits per heavy atom. The van der Waals surface area contributed by atoms with Gasteiger partial charge in [-0.05, 0) is 36.2 Å². The second-order valence-corrected chi connectivity index (χ2v) is 7.17. The van der Waals surface area contributed by atoms with E-state index in [-0.39, 0.29) is 11.9 Å². The van der Waals surface area contributed by atoms with Crippen LogP contribution < -0.4 is 15.1 Å². The monoisotopic (exact) mass is 382 g/mol. The van der Waals surface area contributed by atoms with Crippen molar-refractivity contribution in [2.24, 2.45) is 0 Å². The zero-order chi connectivity index (χ0) is 19.9. The lowest BCUT2D eigenvalue weighted by Crippen LogP contribution is -3.15. The van der Waals surface area contributed by atoms with Crippen molar-refractivity contribution < 1.29 is 19.2 Å². The molecule has 148 valence electrons. The molecule has 1 aliphatic heterocycles. The molecule has 28 heavy (non-hydrogen) atoms. The van der Waals surface area contributed by atoms with Gasteiger partial charge in [-0.3, -0.25) is 4.79 Å². The van der Waals surface area contributed by atoms with Crippen LogP contribution >= 0.6 is 0 Å². The molecule has 3 rings (SSSR count). The zero-order valence-electron chi connectivity index (χ0n) is 16.5. The molecule has 0 aliphatic carbocycles. The van der Waals surface area contributed by atoms with Crippen molar-refractivity contribution in [2.75, 3.05) is 44.7 Å². The molecule has 0 atom stereocenters. The molecular formula is C22H28N3O3+. The molecule has 2 aromatic rings. The Morgan fingerprint density at radius 2 is 1.75 bits per heavy atom. The van der Waals surface area contributed by atoms with Gasteiger partial charge in [0, 0.05) is 12.2 Å². The normalized spacial score (nSPS) is 14.6. The number of piperazine rings is 1. The number of anilines is 1. The highest BCUT2D eigenvalue weighted by Crippen LogP contribution is 2.18. The van der Waals surface area contributed by atoms with Gasteiger partial charge in [0.05, 0.1) is 38.9 Å². The summed E-state index contributed by atoms with van der Waals surface area (Å²) in [6.07, 6.45) is 0. The number of quaternary nitrogens is 1. The molecule has 6 nitrogen and oxygen atoms in total. The van der Waals surface area contributed by atoms with Gasteiger partial charge >= 0.3 is 5.97 Å². The zero-order valence-corrected chi connectivity index (χ0v) is 16.5. The third-order valence-corrected chi connectivity index (χ3v) is 5.20. The first-order valence-corrected chi connectivity index (χ1v) is 9.65. The van der Waals surface area contributed by atoms with Crippen LogP contribution in [0.5, 0.6) is 0 Å². The number of nitrogens with zero attached hydrogens (tertiary/aromatic N) is 1. The van der Waals surface area contributed by atoms with Gasteiger partial charge in [-0.2, -0.15) is 0 Å². The highest BCUT2D eigenvalue weighted by molar-refractivity contribution is 5.89. The van der Waals surface area contributed by atoms with E-state index in [1.165, 1.54) is 23.3 Å². The summed E-state index contributed by atoms with van der Waals surface area (Å²) in [6, 6.07) is 15.5. The smallest absolute Gasteiger partial charge is 0.337 e. The number of amides is 1. The topological polar surface area (TPSA) is 63.1 Å². The summed E-state index contributed by atoms with van der Waals surface area (Å²) in [4.78, 5) is 27.4. The number of aryl methyl sites for hydroxylation is 1. The first kappa shape index (κ1) is 19.9. The molecule has 0 saturated carbocycles. The minimum atomic E-state index is -0.357. The predicted molar refractivity (Wildman–Crippen MR) is 109 cm³/mol. The fourth-order valence-electron chi connectivity index (χ4n) is 3.53. The predicted octanol–water partition coefficient (Wildman–Crippen LogP) is 0.803. The van der Waals surface area contributed by atoms with E-state index >= 15 is 0 Å². The molecule has 0 aromatic heterocycles. The summed E-state index contributed by atoms with van der Waals surface area (Å²) < 4.78 is 4.69. The fraction of sp³-hybridized carbons (Fsp3) is 0.364. The first-order valence-electron chi connectivity index (χ1n) is 9.65. The molecule has 6 heteroatoms. The van der Waals surface area contributed by atoms with Crippen molar-refractivity contribution in [3.63, 3.8) is 0 Å². The van der Waals surface area contributed by atoms with Crippen molar-refractivity contribution in [1.82, 2.24) is 5.32 Å². The molecule has 1 heterocycles. The molecule has 1 saturated heterocycles. The number of benzene rings is 2. The number of hydrogen-bond acceptors (Lipinski definition) is 4. The van der Waals surface area contributed by atoms with Crippen LogP contribution in [0.2, 0.25) is 0 Å². The maximum absolute atomic E-state index is 12.3. The summed E-state index contributed by atoms with van der Waals surface area (Å²) in [6.45, 7) is 6.92. The quantitative estimate of drug-likeness (QED) is 0.726. The molecule has 1 amide bonds. The number of methoxy groups -OCH3 is 1. The minimum Gasteiger partial charge on any atom is -0.465 e. The van der Waals surface area contributed by atoms with Crippen LogP contribution in [0.15, 0.2) is 48.5 Å². The molecule has 2 aromatic carbocycles. The van der Waals surface area contributed by atoms with Gasteiger partial charge in [-0.15, -0.1) is 0 Å². The third-order valence-electron chi connectivity index (χ3n) is 5.20. The Morgan fingerprint density at radius 1 is 1.07 bits per heavy atom. The number of ether oxygens (including phenoxy) is 1. The average molecular weight is 382 g/mol. The summed E-state index contributed by atoms with van der Waals surface area (Å²) >= 11 is 0. The molecule has 0 radical (unpaired) electrons. The number of carbonyl (C=O) groups is 2. The lowest BCUT2D eigenvalue weighted by Gasteiger charge is -2.34. The van der Waals surface area contributed by atoms with Crippen LogP contribution in [0.4, 0.5) is 5.69 Å². The van der Waals surface area contributed by atoms with Crippen LogP contribution in [0.25, 0.3) is 0 Å². The molecule has 0 bridgehead atoms. The Kier molecular flexibility index (Phi) is 6.66. The minimum absolute atomic E-state index is 0.0522. The van der Waals surface area contributed by atoms with Crippen LogP contribution in [-0.4, -0.2) is 51.7 Å². The molecule has 1 fully saturated rings. The highest BCUT2D eigenvalue weighted by Gasteiger charge is 2.22. The number of esters is 1. The van der Waals surface area contributed by atoms with Gasteiger partial charge in [-0.1, -0.05) is 30.3 Å². The SMILES string of the molecule is COC(=O)c1ccc(CNC(=O)C[NH+]2CCN(c3ccccc3C)CC2)cc1. The average Bonchev–Trinajstić information content (AvgIpc) is 2.73. The van der Waals surface area contributed by atoms with E-state index in [0.29, 0.717) is 18.7 Å². The van der Waals surface area contributed by atoms with Crippen molar-refractivity contribution >= 4 is 17.6 Å². The van der Waals surface area contributed by atoms with Gasteiger partial charge in [0.2, 0.25) is 0 Å². The van der Waals surface area contributed by atoms with E-state index in [1.807, 2.05) is 12.1 Å². The molecule has 2 N–H and O–H groups in total. The third kappa shape index (κ3) is 5.10. The summed E-state index contributed by atoms with van der Waals surface area (Å²) in [5.41, 5.74) is 4.05. The molecule has 0 unspecified atom stereocenters. The van der Waals surface area contributed by atoms with Gasteiger partial charge in [0.25, 0.3) is 5.91 Å². The number of nitrogens with one attached hydrogen (secondary N) is 2. The Bertz CT molecular complexity index is 812. The number of hydrogen-bond donors (Lipinski definition) is 2. The lowest BCUT2D eigenvalue weighted by molar-refractivity contribution is -0.892. The van der Waals surface area contributed by atoms with E-state index in [2.05, 4.69) is 46.1 Å². The number of rotatable bonds is 6. The van der Waals surface area contributed by atoms with Crippen molar-refractivity contribution in [2.45, 2.75) is 13.5 Å². The second kappa shape index (κ2) is 9.37. The fourth-order valence-corrected chi connectivity index (χ4v) is 3.53. The summed E-state index contributed by atoms with van der Waals surface area (Å²) in [5, 5.41) is 2.97. The Balaban J connectivity index is 1.42. The van der Waals surface area contributed by atoms with Gasteiger partial charge < -0.3 is 19.9 Å². The van der Waals surface area contributed by atoms with Gasteiger partial charge in [-0.25, -0.2) is 4.79 Å². The summed E-state index contributed by atoms with van der Waals surface area (Å²) in [7, 11) is 1.36. The van der Waals surface area contributed by atoms with Crippen molar-refractivity contribution in [1.29, 1.82) is 0 Å². The van der Waals surface area contributed by atoms with Crippen molar-refractivity contribution in [3.05, 3.63) is 65.2 Å². The summed E-state index contributed by atoms with van der Waals surface area (Å²) in [5.74, 6) is -0.305. The molecular weight excluding hydrogens is 354 g/mol. The van der Waals surface area contributed by atoms with E-state index in [1.54, 1.807) is 12.1 Å². The van der Waals surface area contributed by atoms with E-state index < -0.39 is 0 Å². The first-order chi connectivity index (χ1) is 13.6. The van der Waals surface area contributed by atoms with Gasteiger partial charge in [0.1, 0.15) is 0 Å². The van der Waals surface area contributed by atoms with Gasteiger partial charge in [0.15, 0.2) is 6.54 Å². The maximum Gasteiger partial charge on any atom is 0.337 e. The van der Waals surface area contributed by atoms with E-state index in [0.717, 1.165) is 31.7 Å². The lowest BCUT2D eigenvalue weighted by atomic mass is 10.1. The van der Waals surface area contributed by atoms with Crippen LogP contribution in [0, 0.1) is 6.92 Å². The Hall–Kier alpha value is -2.86.